The molecule has 0 spiro atoms. The van der Waals surface area contributed by atoms with Crippen molar-refractivity contribution in [3.8, 4) is 17.2 Å². The van der Waals surface area contributed by atoms with E-state index >= 15 is 0 Å². The van der Waals surface area contributed by atoms with E-state index in [0.717, 1.165) is 5.56 Å². The van der Waals surface area contributed by atoms with Crippen LogP contribution in [0.1, 0.15) is 18.0 Å². The number of rotatable bonds is 4. The summed E-state index contributed by atoms with van der Waals surface area (Å²) < 4.78 is 15.8. The van der Waals surface area contributed by atoms with Gasteiger partial charge in [0.25, 0.3) is 0 Å². The van der Waals surface area contributed by atoms with Gasteiger partial charge in [-0.05, 0) is 24.1 Å². The summed E-state index contributed by atoms with van der Waals surface area (Å²) in [6.45, 7) is 0.252. The van der Waals surface area contributed by atoms with Crippen LogP contribution in [-0.4, -0.2) is 25.6 Å². The summed E-state index contributed by atoms with van der Waals surface area (Å²) in [4.78, 5) is 0. The third kappa shape index (κ3) is 2.74. The van der Waals surface area contributed by atoms with Crippen molar-refractivity contribution in [1.29, 1.82) is 0 Å². The Labute approximate surface area is 106 Å². The van der Waals surface area contributed by atoms with Gasteiger partial charge in [0.1, 0.15) is 0 Å². The summed E-state index contributed by atoms with van der Waals surface area (Å²) >= 11 is 0. The Balaban J connectivity index is 0.00000144. The molecule has 1 aromatic carbocycles. The Morgan fingerprint density at radius 3 is 2.88 bits per heavy atom. The molecule has 0 saturated carbocycles. The Bertz CT molecular complexity index is 386. The quantitative estimate of drug-likeness (QED) is 0.853. The Kier molecular flexibility index (Phi) is 4.86. The van der Waals surface area contributed by atoms with Crippen molar-refractivity contribution < 1.29 is 19.3 Å². The second-order valence-electron chi connectivity index (χ2n) is 3.58. The van der Waals surface area contributed by atoms with Gasteiger partial charge < -0.3 is 25.1 Å². The first-order valence-electron chi connectivity index (χ1n) is 5.10. The van der Waals surface area contributed by atoms with E-state index in [1.165, 1.54) is 0 Å². The van der Waals surface area contributed by atoms with Crippen molar-refractivity contribution in [1.82, 2.24) is 0 Å². The fraction of sp³-hybridized carbons (Fsp3) is 0.455. The summed E-state index contributed by atoms with van der Waals surface area (Å²) in [7, 11) is 1.57. The van der Waals surface area contributed by atoms with E-state index in [4.69, 9.17) is 25.1 Å². The molecule has 0 radical (unpaired) electrons. The lowest BCUT2D eigenvalue weighted by Gasteiger charge is -2.13. The highest BCUT2D eigenvalue weighted by Crippen LogP contribution is 2.42. The van der Waals surface area contributed by atoms with E-state index in [2.05, 4.69) is 0 Å². The summed E-state index contributed by atoms with van der Waals surface area (Å²) in [6.07, 6.45) is 0.503. The highest BCUT2D eigenvalue weighted by molar-refractivity contribution is 5.85. The van der Waals surface area contributed by atoms with E-state index in [1.807, 2.05) is 12.1 Å². The van der Waals surface area contributed by atoms with E-state index in [9.17, 15) is 0 Å². The molecule has 1 atom stereocenters. The van der Waals surface area contributed by atoms with Crippen LogP contribution in [0, 0.1) is 0 Å². The van der Waals surface area contributed by atoms with Crippen molar-refractivity contribution >= 4 is 12.4 Å². The molecule has 5 nitrogen and oxygen atoms in total. The van der Waals surface area contributed by atoms with Crippen LogP contribution < -0.4 is 19.9 Å². The zero-order valence-corrected chi connectivity index (χ0v) is 10.3. The molecule has 0 bridgehead atoms. The molecule has 1 heterocycles. The molecule has 6 heteroatoms. The van der Waals surface area contributed by atoms with Gasteiger partial charge in [-0.1, -0.05) is 0 Å². The molecular formula is C11H16ClNO4. The average Bonchev–Trinajstić information content (AvgIpc) is 2.75. The minimum Gasteiger partial charge on any atom is -0.493 e. The van der Waals surface area contributed by atoms with Crippen LogP contribution in [0.5, 0.6) is 17.2 Å². The maximum absolute atomic E-state index is 8.85. The number of methoxy groups -OCH3 is 1. The molecule has 96 valence electrons. The van der Waals surface area contributed by atoms with Crippen molar-refractivity contribution in [3.63, 3.8) is 0 Å². The minimum atomic E-state index is -0.228. The van der Waals surface area contributed by atoms with Gasteiger partial charge >= 0.3 is 0 Å². The normalized spacial score (nSPS) is 14.1. The number of aliphatic hydroxyl groups excluding tert-OH is 1. The molecule has 17 heavy (non-hydrogen) atoms. The lowest BCUT2D eigenvalue weighted by molar-refractivity contribution is 0.171. The van der Waals surface area contributed by atoms with Crippen LogP contribution in [0.25, 0.3) is 0 Å². The molecule has 0 aromatic heterocycles. The van der Waals surface area contributed by atoms with E-state index in [-0.39, 0.29) is 31.8 Å². The van der Waals surface area contributed by atoms with Gasteiger partial charge in [-0.15, -0.1) is 12.4 Å². The molecule has 0 fully saturated rings. The van der Waals surface area contributed by atoms with Gasteiger partial charge in [0, 0.05) is 12.6 Å². The van der Waals surface area contributed by atoms with Gasteiger partial charge in [-0.2, -0.15) is 0 Å². The first kappa shape index (κ1) is 13.9. The van der Waals surface area contributed by atoms with Crippen LogP contribution in [0.4, 0.5) is 0 Å². The highest BCUT2D eigenvalue weighted by Gasteiger charge is 2.21. The SMILES string of the molecule is COc1cc([C@H](N)CCO)cc2c1OCO2.Cl. The number of benzene rings is 1. The number of fused-ring (bicyclic) bond motifs is 1. The summed E-state index contributed by atoms with van der Waals surface area (Å²) in [5.74, 6) is 1.86. The summed E-state index contributed by atoms with van der Waals surface area (Å²) in [5.41, 5.74) is 6.78. The number of aliphatic hydroxyl groups is 1. The molecular weight excluding hydrogens is 246 g/mol. The molecule has 1 aliphatic heterocycles. The molecule has 0 amide bonds. The maximum atomic E-state index is 8.85. The van der Waals surface area contributed by atoms with E-state index in [0.29, 0.717) is 23.7 Å². The van der Waals surface area contributed by atoms with Crippen molar-refractivity contribution in [3.05, 3.63) is 17.7 Å². The molecule has 1 aliphatic rings. The molecule has 0 unspecified atom stereocenters. The predicted octanol–water partition coefficient (Wildman–Crippen LogP) is 1.23. The van der Waals surface area contributed by atoms with Crippen LogP contribution in [-0.2, 0) is 0 Å². The average molecular weight is 262 g/mol. The van der Waals surface area contributed by atoms with E-state index in [1.54, 1.807) is 7.11 Å². The minimum absolute atomic E-state index is 0. The number of nitrogens with two attached hydrogens (primary N) is 1. The zero-order chi connectivity index (χ0) is 11.5. The van der Waals surface area contributed by atoms with Crippen LogP contribution in [0.2, 0.25) is 0 Å². The third-order valence-corrected chi connectivity index (χ3v) is 2.55. The molecule has 1 aromatic rings. The molecule has 3 N–H and O–H groups in total. The monoisotopic (exact) mass is 261 g/mol. The third-order valence-electron chi connectivity index (χ3n) is 2.55. The molecule has 0 saturated heterocycles. The Morgan fingerprint density at radius 1 is 1.47 bits per heavy atom. The van der Waals surface area contributed by atoms with Crippen LogP contribution in [0.3, 0.4) is 0 Å². The van der Waals surface area contributed by atoms with Gasteiger partial charge in [0.05, 0.1) is 7.11 Å². The zero-order valence-electron chi connectivity index (χ0n) is 9.51. The predicted molar refractivity (Wildman–Crippen MR) is 65.0 cm³/mol. The van der Waals surface area contributed by atoms with Gasteiger partial charge in [-0.3, -0.25) is 0 Å². The molecule has 0 aliphatic carbocycles. The standard InChI is InChI=1S/C11H15NO4.ClH/c1-14-9-4-7(8(12)2-3-13)5-10-11(9)16-6-15-10;/h4-5,8,13H,2-3,6,12H2,1H3;1H/t8-;/m1./s1. The summed E-state index contributed by atoms with van der Waals surface area (Å²) in [5, 5.41) is 8.85. The highest BCUT2D eigenvalue weighted by atomic mass is 35.5. The smallest absolute Gasteiger partial charge is 0.231 e. The van der Waals surface area contributed by atoms with Gasteiger partial charge in [-0.25, -0.2) is 0 Å². The lowest BCUT2D eigenvalue weighted by atomic mass is 10.0. The first-order chi connectivity index (χ1) is 7.76. The maximum Gasteiger partial charge on any atom is 0.231 e. The second-order valence-corrected chi connectivity index (χ2v) is 3.58. The number of ether oxygens (including phenoxy) is 3. The largest absolute Gasteiger partial charge is 0.493 e. The number of hydrogen-bond acceptors (Lipinski definition) is 5. The van der Waals surface area contributed by atoms with Gasteiger partial charge in [0.2, 0.25) is 12.5 Å². The number of hydrogen-bond donors (Lipinski definition) is 2. The second kappa shape index (κ2) is 5.95. The Hall–Kier alpha value is -1.17. The van der Waals surface area contributed by atoms with Gasteiger partial charge in [0.15, 0.2) is 11.5 Å². The van der Waals surface area contributed by atoms with E-state index < -0.39 is 0 Å². The first-order valence-corrected chi connectivity index (χ1v) is 5.10. The van der Waals surface area contributed by atoms with Crippen LogP contribution in [0.15, 0.2) is 12.1 Å². The Morgan fingerprint density at radius 2 is 2.24 bits per heavy atom. The van der Waals surface area contributed by atoms with Crippen molar-refractivity contribution in [2.45, 2.75) is 12.5 Å². The van der Waals surface area contributed by atoms with Crippen molar-refractivity contribution in [2.24, 2.45) is 5.73 Å². The lowest BCUT2D eigenvalue weighted by Crippen LogP contribution is -2.12. The topological polar surface area (TPSA) is 73.9 Å². The summed E-state index contributed by atoms with van der Waals surface area (Å²) in [6, 6.07) is 3.41. The van der Waals surface area contributed by atoms with Crippen molar-refractivity contribution in [2.75, 3.05) is 20.5 Å². The number of halogens is 1. The fourth-order valence-electron chi connectivity index (χ4n) is 1.67. The van der Waals surface area contributed by atoms with Crippen LogP contribution >= 0.6 is 12.4 Å². The molecule has 2 rings (SSSR count). The fourth-order valence-corrected chi connectivity index (χ4v) is 1.67.